The molecular formula is C15H20N4O. The second-order valence-electron chi connectivity index (χ2n) is 5.36. The Morgan fingerprint density at radius 1 is 1.40 bits per heavy atom. The van der Waals surface area contributed by atoms with Crippen LogP contribution in [0.15, 0.2) is 30.6 Å². The minimum atomic E-state index is 0.341. The molecule has 0 N–H and O–H groups in total. The fourth-order valence-electron chi connectivity index (χ4n) is 2.90. The van der Waals surface area contributed by atoms with Crippen molar-refractivity contribution < 1.29 is 4.74 Å². The van der Waals surface area contributed by atoms with Crippen molar-refractivity contribution in [1.82, 2.24) is 19.7 Å². The largest absolute Gasteiger partial charge is 0.384 e. The van der Waals surface area contributed by atoms with Crippen LogP contribution in [0.5, 0.6) is 0 Å². The van der Waals surface area contributed by atoms with Crippen LogP contribution in [0.3, 0.4) is 0 Å². The van der Waals surface area contributed by atoms with E-state index < -0.39 is 0 Å². The molecule has 106 valence electrons. The Kier molecular flexibility index (Phi) is 3.80. The van der Waals surface area contributed by atoms with Gasteiger partial charge in [0.25, 0.3) is 0 Å². The summed E-state index contributed by atoms with van der Waals surface area (Å²) in [5.74, 6) is 0.341. The van der Waals surface area contributed by atoms with Gasteiger partial charge >= 0.3 is 0 Å². The average Bonchev–Trinajstić information content (AvgIpc) is 2.81. The molecule has 1 aliphatic rings. The van der Waals surface area contributed by atoms with E-state index in [0.29, 0.717) is 12.5 Å². The third kappa shape index (κ3) is 2.73. The number of rotatable bonds is 4. The van der Waals surface area contributed by atoms with Crippen molar-refractivity contribution in [3.05, 3.63) is 47.5 Å². The molecule has 3 heterocycles. The van der Waals surface area contributed by atoms with Crippen LogP contribution in [0, 0.1) is 0 Å². The third-order valence-electron chi connectivity index (χ3n) is 3.68. The predicted octanol–water partition coefficient (Wildman–Crippen LogP) is 1.56. The molecule has 2 aromatic heterocycles. The zero-order valence-corrected chi connectivity index (χ0v) is 12.0. The summed E-state index contributed by atoms with van der Waals surface area (Å²) >= 11 is 0. The molecule has 0 spiro atoms. The molecule has 5 nitrogen and oxygen atoms in total. The van der Waals surface area contributed by atoms with Crippen molar-refractivity contribution in [2.24, 2.45) is 7.05 Å². The quantitative estimate of drug-likeness (QED) is 0.847. The minimum Gasteiger partial charge on any atom is -0.384 e. The highest BCUT2D eigenvalue weighted by molar-refractivity contribution is 5.24. The summed E-state index contributed by atoms with van der Waals surface area (Å²) in [4.78, 5) is 6.82. The van der Waals surface area contributed by atoms with Crippen molar-refractivity contribution >= 4 is 0 Å². The van der Waals surface area contributed by atoms with Gasteiger partial charge in [0.1, 0.15) is 0 Å². The van der Waals surface area contributed by atoms with Gasteiger partial charge in [-0.05, 0) is 12.1 Å². The molecule has 0 saturated heterocycles. The number of ether oxygens (including phenoxy) is 1. The van der Waals surface area contributed by atoms with Gasteiger partial charge in [-0.15, -0.1) is 0 Å². The van der Waals surface area contributed by atoms with Gasteiger partial charge in [-0.25, -0.2) is 0 Å². The second kappa shape index (κ2) is 5.73. The molecule has 2 aromatic rings. The molecule has 0 fully saturated rings. The second-order valence-corrected chi connectivity index (χ2v) is 5.36. The van der Waals surface area contributed by atoms with Gasteiger partial charge in [0, 0.05) is 57.7 Å². The van der Waals surface area contributed by atoms with E-state index in [2.05, 4.69) is 27.2 Å². The zero-order chi connectivity index (χ0) is 13.9. The first-order chi connectivity index (χ1) is 9.76. The SMILES string of the molecule is COC[C@H]1CN(Cc2ccccn2)Cc2cn(C)nc21. The highest BCUT2D eigenvalue weighted by atomic mass is 16.5. The molecular weight excluding hydrogens is 252 g/mol. The lowest BCUT2D eigenvalue weighted by molar-refractivity contribution is 0.134. The Bertz CT molecular complexity index is 567. The van der Waals surface area contributed by atoms with Gasteiger partial charge in [0.05, 0.1) is 18.0 Å². The van der Waals surface area contributed by atoms with Crippen LogP contribution in [-0.2, 0) is 24.9 Å². The molecule has 0 aliphatic carbocycles. The summed E-state index contributed by atoms with van der Waals surface area (Å²) in [5, 5.41) is 4.59. The number of aromatic nitrogens is 3. The van der Waals surface area contributed by atoms with Gasteiger partial charge < -0.3 is 4.74 Å². The van der Waals surface area contributed by atoms with Gasteiger partial charge in [-0.1, -0.05) is 6.07 Å². The van der Waals surface area contributed by atoms with Crippen molar-refractivity contribution in [1.29, 1.82) is 0 Å². The summed E-state index contributed by atoms with van der Waals surface area (Å²) in [5.41, 5.74) is 3.60. The highest BCUT2D eigenvalue weighted by Crippen LogP contribution is 2.27. The molecule has 0 unspecified atom stereocenters. The summed E-state index contributed by atoms with van der Waals surface area (Å²) in [6.07, 6.45) is 3.96. The molecule has 3 rings (SSSR count). The molecule has 0 radical (unpaired) electrons. The molecule has 0 aromatic carbocycles. The first kappa shape index (κ1) is 13.3. The van der Waals surface area contributed by atoms with Crippen molar-refractivity contribution in [2.45, 2.75) is 19.0 Å². The monoisotopic (exact) mass is 272 g/mol. The Morgan fingerprint density at radius 3 is 3.05 bits per heavy atom. The van der Waals surface area contributed by atoms with Gasteiger partial charge in [0.2, 0.25) is 0 Å². The molecule has 0 saturated carbocycles. The van der Waals surface area contributed by atoms with E-state index in [9.17, 15) is 0 Å². The van der Waals surface area contributed by atoms with Crippen LogP contribution >= 0.6 is 0 Å². The molecule has 5 heteroatoms. The first-order valence-electron chi connectivity index (χ1n) is 6.90. The molecule has 1 atom stereocenters. The first-order valence-corrected chi connectivity index (χ1v) is 6.90. The maximum atomic E-state index is 5.35. The summed E-state index contributed by atoms with van der Waals surface area (Å²) in [7, 11) is 3.73. The van der Waals surface area contributed by atoms with Crippen LogP contribution in [0.4, 0.5) is 0 Å². The lowest BCUT2D eigenvalue weighted by atomic mass is 9.97. The number of hydrogen-bond donors (Lipinski definition) is 0. The number of nitrogens with zero attached hydrogens (tertiary/aromatic N) is 4. The fourth-order valence-corrected chi connectivity index (χ4v) is 2.90. The van der Waals surface area contributed by atoms with E-state index in [-0.39, 0.29) is 0 Å². The van der Waals surface area contributed by atoms with E-state index in [1.807, 2.05) is 30.1 Å². The molecule has 0 amide bonds. The van der Waals surface area contributed by atoms with E-state index >= 15 is 0 Å². The van der Waals surface area contributed by atoms with E-state index in [1.165, 1.54) is 11.3 Å². The Morgan fingerprint density at radius 2 is 2.30 bits per heavy atom. The average molecular weight is 272 g/mol. The highest BCUT2D eigenvalue weighted by Gasteiger charge is 2.28. The Labute approximate surface area is 119 Å². The number of hydrogen-bond acceptors (Lipinski definition) is 4. The van der Waals surface area contributed by atoms with Gasteiger partial charge in [0.15, 0.2) is 0 Å². The van der Waals surface area contributed by atoms with Crippen molar-refractivity contribution in [3.8, 4) is 0 Å². The minimum absolute atomic E-state index is 0.341. The third-order valence-corrected chi connectivity index (χ3v) is 3.68. The number of pyridine rings is 1. The number of fused-ring (bicyclic) bond motifs is 1. The lowest BCUT2D eigenvalue weighted by Gasteiger charge is -2.31. The number of methoxy groups -OCH3 is 1. The topological polar surface area (TPSA) is 43.2 Å². The van der Waals surface area contributed by atoms with E-state index in [1.54, 1.807) is 7.11 Å². The molecule has 0 bridgehead atoms. The van der Waals surface area contributed by atoms with E-state index in [4.69, 9.17) is 4.74 Å². The van der Waals surface area contributed by atoms with Crippen LogP contribution < -0.4 is 0 Å². The van der Waals surface area contributed by atoms with Gasteiger partial charge in [-0.2, -0.15) is 5.10 Å². The summed E-state index contributed by atoms with van der Waals surface area (Å²) in [6, 6.07) is 6.06. The predicted molar refractivity (Wildman–Crippen MR) is 76.2 cm³/mol. The van der Waals surface area contributed by atoms with Crippen LogP contribution in [0.25, 0.3) is 0 Å². The normalized spacial score (nSPS) is 19.0. The van der Waals surface area contributed by atoms with Crippen LogP contribution in [-0.4, -0.2) is 39.9 Å². The van der Waals surface area contributed by atoms with Crippen LogP contribution in [0.2, 0.25) is 0 Å². The maximum Gasteiger partial charge on any atom is 0.0736 e. The smallest absolute Gasteiger partial charge is 0.0736 e. The Balaban J connectivity index is 1.79. The lowest BCUT2D eigenvalue weighted by Crippen LogP contribution is -2.34. The molecule has 1 aliphatic heterocycles. The Hall–Kier alpha value is -1.72. The fraction of sp³-hybridized carbons (Fsp3) is 0.467. The van der Waals surface area contributed by atoms with E-state index in [0.717, 1.165) is 25.3 Å². The summed E-state index contributed by atoms with van der Waals surface area (Å²) in [6.45, 7) is 3.48. The van der Waals surface area contributed by atoms with Crippen molar-refractivity contribution in [2.75, 3.05) is 20.3 Å². The number of aryl methyl sites for hydroxylation is 1. The van der Waals surface area contributed by atoms with Gasteiger partial charge in [-0.3, -0.25) is 14.6 Å². The van der Waals surface area contributed by atoms with Crippen molar-refractivity contribution in [3.63, 3.8) is 0 Å². The standard InChI is InChI=1S/C15H20N4O/c1-18-7-12-8-19(10-14-5-3-4-6-16-14)9-13(11-20-2)15(12)17-18/h3-7,13H,8-11H2,1-2H3/t13-/m1/s1. The maximum absolute atomic E-state index is 5.35. The zero-order valence-electron chi connectivity index (χ0n) is 12.0. The molecule has 20 heavy (non-hydrogen) atoms. The van der Waals surface area contributed by atoms with Crippen LogP contribution in [0.1, 0.15) is 22.9 Å². The summed E-state index contributed by atoms with van der Waals surface area (Å²) < 4.78 is 7.25.